The van der Waals surface area contributed by atoms with Crippen molar-refractivity contribution in [3.63, 3.8) is 0 Å². The number of fused-ring (bicyclic) bond motifs is 1. The third kappa shape index (κ3) is 2.81. The summed E-state index contributed by atoms with van der Waals surface area (Å²) in [6.45, 7) is 0. The van der Waals surface area contributed by atoms with Crippen molar-refractivity contribution >= 4 is 24.8 Å². The Morgan fingerprint density at radius 3 is 2.27 bits per heavy atom. The Balaban J connectivity index is 1.69. The quantitative estimate of drug-likeness (QED) is 0.741. The van der Waals surface area contributed by atoms with E-state index < -0.39 is 8.80 Å². The molecule has 0 radical (unpaired) electrons. The van der Waals surface area contributed by atoms with Crippen molar-refractivity contribution in [2.24, 2.45) is 0 Å². The zero-order valence-electron chi connectivity index (χ0n) is 13.4. The molecular weight excluding hydrogens is 284 g/mol. The fourth-order valence-corrected chi connectivity index (χ4v) is 7.89. The van der Waals surface area contributed by atoms with Gasteiger partial charge in [-0.2, -0.15) is 0 Å². The lowest BCUT2D eigenvalue weighted by Gasteiger charge is -2.24. The van der Waals surface area contributed by atoms with Gasteiger partial charge < -0.3 is 4.74 Å². The van der Waals surface area contributed by atoms with Crippen LogP contribution >= 0.6 is 0 Å². The fraction of sp³-hybridized carbons (Fsp3) is 0.500. The number of benzene rings is 2. The Morgan fingerprint density at radius 1 is 0.773 bits per heavy atom. The molecule has 1 saturated carbocycles. The van der Waals surface area contributed by atoms with Gasteiger partial charge in [0.05, 0.1) is 14.9 Å². The molecule has 1 heterocycles. The van der Waals surface area contributed by atoms with E-state index in [4.69, 9.17) is 4.74 Å². The van der Waals surface area contributed by atoms with Gasteiger partial charge in [-0.05, 0) is 37.1 Å². The summed E-state index contributed by atoms with van der Waals surface area (Å²) >= 11 is 0. The van der Waals surface area contributed by atoms with Crippen LogP contribution in [0.2, 0.25) is 12.1 Å². The molecule has 2 fully saturated rings. The molecular formula is C20H26OSi. The molecule has 0 unspecified atom stereocenters. The molecule has 0 bridgehead atoms. The highest BCUT2D eigenvalue weighted by atomic mass is 28.3. The van der Waals surface area contributed by atoms with E-state index in [1.54, 1.807) is 5.19 Å². The van der Waals surface area contributed by atoms with Gasteiger partial charge in [0.25, 0.3) is 0 Å². The van der Waals surface area contributed by atoms with Crippen LogP contribution < -0.4 is 9.92 Å². The largest absolute Gasteiger partial charge is 0.490 e. The average Bonchev–Trinajstić information content (AvgIpc) is 3.10. The third-order valence-electron chi connectivity index (χ3n) is 5.56. The van der Waals surface area contributed by atoms with Crippen molar-refractivity contribution in [2.75, 3.05) is 0 Å². The Bertz CT molecular complexity index is 639. The van der Waals surface area contributed by atoms with Crippen LogP contribution in [0.15, 0.2) is 36.4 Å². The minimum absolute atomic E-state index is 0.437. The predicted octanol–water partition coefficient (Wildman–Crippen LogP) is 4.78. The minimum Gasteiger partial charge on any atom is -0.490 e. The van der Waals surface area contributed by atoms with Crippen LogP contribution in [-0.4, -0.2) is 14.9 Å². The van der Waals surface area contributed by atoms with Crippen molar-refractivity contribution in [3.05, 3.63) is 36.4 Å². The zero-order chi connectivity index (χ0) is 14.8. The van der Waals surface area contributed by atoms with Crippen molar-refractivity contribution in [1.82, 2.24) is 0 Å². The molecule has 1 saturated heterocycles. The van der Waals surface area contributed by atoms with Gasteiger partial charge in [0.2, 0.25) is 0 Å². The standard InChI is InChI=1S/C20H26OSi/c1-2-8-16(9-3-1)21-19-12-13-20(22-14-6-7-15-22)18-11-5-4-10-17(18)19/h4-5,10-13,16,22H,1-3,6-9,14-15H2. The van der Waals surface area contributed by atoms with E-state index in [1.165, 1.54) is 67.8 Å². The number of hydrogen-bond acceptors (Lipinski definition) is 1. The lowest BCUT2D eigenvalue weighted by molar-refractivity contribution is 0.157. The number of hydrogen-bond donors (Lipinski definition) is 0. The van der Waals surface area contributed by atoms with E-state index in [1.807, 2.05) is 0 Å². The van der Waals surface area contributed by atoms with E-state index in [0.717, 1.165) is 5.75 Å². The maximum Gasteiger partial charge on any atom is 0.127 e. The summed E-state index contributed by atoms with van der Waals surface area (Å²) in [4.78, 5) is 0. The zero-order valence-corrected chi connectivity index (χ0v) is 14.5. The molecule has 1 nitrogen and oxygen atoms in total. The SMILES string of the molecule is c1ccc2c([SiH]3CCCC3)ccc(OC3CCCCC3)c2c1. The molecule has 22 heavy (non-hydrogen) atoms. The van der Waals surface area contributed by atoms with E-state index in [2.05, 4.69) is 36.4 Å². The first-order valence-corrected chi connectivity index (χ1v) is 11.3. The van der Waals surface area contributed by atoms with E-state index in [0.29, 0.717) is 6.10 Å². The van der Waals surface area contributed by atoms with E-state index in [-0.39, 0.29) is 0 Å². The molecule has 0 spiro atoms. The molecule has 2 heteroatoms. The molecule has 1 aliphatic carbocycles. The fourth-order valence-electron chi connectivity index (χ4n) is 4.35. The summed E-state index contributed by atoms with van der Waals surface area (Å²) in [6, 6.07) is 16.6. The highest BCUT2D eigenvalue weighted by Gasteiger charge is 2.22. The van der Waals surface area contributed by atoms with Gasteiger partial charge in [0.1, 0.15) is 5.75 Å². The Labute approximate surface area is 135 Å². The first-order valence-electron chi connectivity index (χ1n) is 9.10. The van der Waals surface area contributed by atoms with Crippen molar-refractivity contribution in [2.45, 2.75) is 63.1 Å². The van der Waals surface area contributed by atoms with E-state index in [9.17, 15) is 0 Å². The molecule has 2 aromatic rings. The number of ether oxygens (including phenoxy) is 1. The molecule has 0 N–H and O–H groups in total. The summed E-state index contributed by atoms with van der Waals surface area (Å²) < 4.78 is 6.40. The second kappa shape index (κ2) is 6.45. The summed E-state index contributed by atoms with van der Waals surface area (Å²) in [5.41, 5.74) is 0. The summed E-state index contributed by atoms with van der Waals surface area (Å²) in [5, 5.41) is 4.52. The highest BCUT2D eigenvalue weighted by molar-refractivity contribution is 6.76. The van der Waals surface area contributed by atoms with Crippen LogP contribution in [0.25, 0.3) is 10.8 Å². The van der Waals surface area contributed by atoms with Gasteiger partial charge in [-0.25, -0.2) is 0 Å². The van der Waals surface area contributed by atoms with Crippen molar-refractivity contribution < 1.29 is 4.74 Å². The second-order valence-corrected chi connectivity index (χ2v) is 10.2. The maximum absolute atomic E-state index is 6.40. The molecule has 4 rings (SSSR count). The Morgan fingerprint density at radius 2 is 1.50 bits per heavy atom. The van der Waals surface area contributed by atoms with E-state index >= 15 is 0 Å². The second-order valence-electron chi connectivity index (χ2n) is 7.06. The van der Waals surface area contributed by atoms with Crippen molar-refractivity contribution in [1.29, 1.82) is 0 Å². The van der Waals surface area contributed by atoms with Gasteiger partial charge >= 0.3 is 0 Å². The van der Waals surface area contributed by atoms with Gasteiger partial charge in [-0.1, -0.05) is 66.9 Å². The summed E-state index contributed by atoms with van der Waals surface area (Å²) in [6.07, 6.45) is 9.84. The molecule has 2 aliphatic rings. The molecule has 1 aliphatic heterocycles. The van der Waals surface area contributed by atoms with Gasteiger partial charge in [-0.15, -0.1) is 0 Å². The molecule has 116 valence electrons. The summed E-state index contributed by atoms with van der Waals surface area (Å²) in [7, 11) is -0.711. The van der Waals surface area contributed by atoms with Crippen LogP contribution in [0.1, 0.15) is 44.9 Å². The molecule has 0 atom stereocenters. The first-order chi connectivity index (χ1) is 10.9. The Hall–Kier alpha value is -1.28. The topological polar surface area (TPSA) is 9.23 Å². The summed E-state index contributed by atoms with van der Waals surface area (Å²) in [5.74, 6) is 1.12. The average molecular weight is 311 g/mol. The van der Waals surface area contributed by atoms with Crippen LogP contribution in [0.5, 0.6) is 5.75 Å². The minimum atomic E-state index is -0.711. The lowest BCUT2D eigenvalue weighted by atomic mass is 9.97. The maximum atomic E-state index is 6.40. The number of rotatable bonds is 3. The predicted molar refractivity (Wildman–Crippen MR) is 97.1 cm³/mol. The highest BCUT2D eigenvalue weighted by Crippen LogP contribution is 2.30. The van der Waals surface area contributed by atoms with Crippen molar-refractivity contribution in [3.8, 4) is 5.75 Å². The normalized spacial score (nSPS) is 20.5. The molecule has 0 aromatic heterocycles. The third-order valence-corrected chi connectivity index (χ3v) is 9.15. The first kappa shape index (κ1) is 14.3. The lowest BCUT2D eigenvalue weighted by Crippen LogP contribution is -2.27. The van der Waals surface area contributed by atoms with Crippen LogP contribution in [-0.2, 0) is 0 Å². The monoisotopic (exact) mass is 310 g/mol. The molecule has 2 aromatic carbocycles. The Kier molecular flexibility index (Phi) is 4.20. The van der Waals surface area contributed by atoms with Crippen LogP contribution in [0.3, 0.4) is 0 Å². The van der Waals surface area contributed by atoms with Crippen LogP contribution in [0, 0.1) is 0 Å². The smallest absolute Gasteiger partial charge is 0.127 e. The van der Waals surface area contributed by atoms with Crippen LogP contribution in [0.4, 0.5) is 0 Å². The van der Waals surface area contributed by atoms with Gasteiger partial charge in [-0.3, -0.25) is 0 Å². The van der Waals surface area contributed by atoms with Gasteiger partial charge in [0.15, 0.2) is 0 Å². The van der Waals surface area contributed by atoms with Gasteiger partial charge in [0, 0.05) is 5.39 Å². The molecule has 0 amide bonds.